The minimum Gasteiger partial charge on any atom is -0.406 e. The molecule has 0 radical (unpaired) electrons. The number of nitrogens with zero attached hydrogens (tertiary/aromatic N) is 4. The zero-order valence-corrected chi connectivity index (χ0v) is 13.3. The summed E-state index contributed by atoms with van der Waals surface area (Å²) in [4.78, 5) is 17.1. The summed E-state index contributed by atoms with van der Waals surface area (Å²) in [5.74, 6) is 0. The van der Waals surface area contributed by atoms with Crippen molar-refractivity contribution in [3.05, 3.63) is 59.1 Å². The Bertz CT molecular complexity index is 800. The van der Waals surface area contributed by atoms with Gasteiger partial charge < -0.3 is 9.61 Å². The van der Waals surface area contributed by atoms with Crippen molar-refractivity contribution in [1.29, 1.82) is 0 Å². The summed E-state index contributed by atoms with van der Waals surface area (Å²) in [6, 6.07) is 8.03. The van der Waals surface area contributed by atoms with Crippen molar-refractivity contribution in [3.8, 4) is 0 Å². The molecule has 0 bridgehead atoms. The predicted octanol–water partition coefficient (Wildman–Crippen LogP) is 2.34. The highest BCUT2D eigenvalue weighted by molar-refractivity contribution is 9.10. The zero-order valence-electron chi connectivity index (χ0n) is 11.7. The SMILES string of the molecule is O=CBN(Cc1ccc2cncc(Br)c2c1)c1ccnnc1. The van der Waals surface area contributed by atoms with E-state index < -0.39 is 0 Å². The van der Waals surface area contributed by atoms with E-state index in [1.54, 1.807) is 18.6 Å². The van der Waals surface area contributed by atoms with Crippen LogP contribution >= 0.6 is 15.9 Å². The van der Waals surface area contributed by atoms with Crippen LogP contribution in [0.15, 0.2) is 53.5 Å². The van der Waals surface area contributed by atoms with E-state index in [1.807, 2.05) is 29.2 Å². The smallest absolute Gasteiger partial charge is 0.311 e. The molecule has 7 heteroatoms. The molecule has 0 saturated heterocycles. The van der Waals surface area contributed by atoms with Crippen LogP contribution in [-0.4, -0.2) is 28.8 Å². The van der Waals surface area contributed by atoms with Crippen LogP contribution in [0.3, 0.4) is 0 Å². The summed E-state index contributed by atoms with van der Waals surface area (Å²) in [5.41, 5.74) is 1.98. The monoisotopic (exact) mass is 354 g/mol. The van der Waals surface area contributed by atoms with Gasteiger partial charge in [-0.15, -0.1) is 0 Å². The second kappa shape index (κ2) is 6.66. The second-order valence-corrected chi connectivity index (χ2v) is 5.68. The quantitative estimate of drug-likeness (QED) is 0.520. The van der Waals surface area contributed by atoms with Gasteiger partial charge in [0, 0.05) is 34.5 Å². The minimum atomic E-state index is 0.307. The average molecular weight is 355 g/mol. The molecular formula is C15H12BBrN4O. The van der Waals surface area contributed by atoms with Crippen molar-refractivity contribution in [2.24, 2.45) is 0 Å². The van der Waals surface area contributed by atoms with Crippen LogP contribution in [0, 0.1) is 0 Å². The Morgan fingerprint density at radius 2 is 2.09 bits per heavy atom. The molecule has 3 aromatic rings. The van der Waals surface area contributed by atoms with E-state index in [-0.39, 0.29) is 0 Å². The molecule has 0 atom stereocenters. The Morgan fingerprint density at radius 3 is 2.86 bits per heavy atom. The molecule has 0 unspecified atom stereocenters. The molecule has 22 heavy (non-hydrogen) atoms. The van der Waals surface area contributed by atoms with Crippen molar-refractivity contribution >= 4 is 46.0 Å². The normalized spacial score (nSPS) is 10.4. The number of anilines is 1. The molecule has 0 amide bonds. The molecule has 108 valence electrons. The third-order valence-electron chi connectivity index (χ3n) is 3.38. The maximum atomic E-state index is 11.0. The molecule has 0 aliphatic rings. The summed E-state index contributed by atoms with van der Waals surface area (Å²) in [5, 5.41) is 9.82. The molecule has 2 aromatic heterocycles. The standard InChI is InChI=1S/C15H12BBrN4O/c17-15-8-18-6-12-2-1-11(5-14(12)15)9-21(16-10-22)13-3-4-19-20-7-13/h1-8,10,16H,9H2. The molecule has 2 heterocycles. The molecule has 0 spiro atoms. The fourth-order valence-electron chi connectivity index (χ4n) is 2.32. The topological polar surface area (TPSA) is 59.0 Å². The molecule has 5 nitrogen and oxygen atoms in total. The maximum absolute atomic E-state index is 11.0. The number of carbonyl (C=O) groups excluding carboxylic acids is 1. The van der Waals surface area contributed by atoms with E-state index in [9.17, 15) is 4.79 Å². The van der Waals surface area contributed by atoms with Gasteiger partial charge >= 0.3 is 7.41 Å². The van der Waals surface area contributed by atoms with Gasteiger partial charge in [0.25, 0.3) is 0 Å². The lowest BCUT2D eigenvalue weighted by Gasteiger charge is -2.21. The Balaban J connectivity index is 1.93. The fraction of sp³-hybridized carbons (Fsp3) is 0.0667. The highest BCUT2D eigenvalue weighted by atomic mass is 79.9. The van der Waals surface area contributed by atoms with Gasteiger partial charge in [-0.3, -0.25) is 4.98 Å². The number of fused-ring (bicyclic) bond motifs is 1. The summed E-state index contributed by atoms with van der Waals surface area (Å²) in [6.45, 7) is 0.620. The van der Waals surface area contributed by atoms with Crippen LogP contribution in [0.1, 0.15) is 5.56 Å². The minimum absolute atomic E-state index is 0.307. The molecule has 0 aliphatic carbocycles. The second-order valence-electron chi connectivity index (χ2n) is 4.82. The van der Waals surface area contributed by atoms with Gasteiger partial charge in [0.05, 0.1) is 12.4 Å². The lowest BCUT2D eigenvalue weighted by atomic mass is 9.92. The first-order valence-corrected chi connectivity index (χ1v) is 7.54. The molecule has 0 fully saturated rings. The van der Waals surface area contributed by atoms with E-state index in [0.717, 1.165) is 32.7 Å². The third-order valence-corrected chi connectivity index (χ3v) is 4.01. The number of pyridine rings is 1. The van der Waals surface area contributed by atoms with Crippen molar-refractivity contribution in [2.75, 3.05) is 4.81 Å². The first kappa shape index (κ1) is 14.7. The van der Waals surface area contributed by atoms with E-state index >= 15 is 0 Å². The molecule has 3 rings (SSSR count). The van der Waals surface area contributed by atoms with Crippen LogP contribution in [0.5, 0.6) is 0 Å². The van der Waals surface area contributed by atoms with Crippen LogP contribution in [-0.2, 0) is 11.3 Å². The number of hydrogen-bond acceptors (Lipinski definition) is 5. The van der Waals surface area contributed by atoms with Crippen molar-refractivity contribution in [3.63, 3.8) is 0 Å². The van der Waals surface area contributed by atoms with E-state index in [2.05, 4.69) is 37.2 Å². The van der Waals surface area contributed by atoms with Gasteiger partial charge in [-0.2, -0.15) is 10.2 Å². The molecule has 0 N–H and O–H groups in total. The van der Waals surface area contributed by atoms with Gasteiger partial charge in [0.15, 0.2) is 0 Å². The van der Waals surface area contributed by atoms with Crippen molar-refractivity contribution < 1.29 is 4.79 Å². The highest BCUT2D eigenvalue weighted by Gasteiger charge is 2.10. The molecular weight excluding hydrogens is 343 g/mol. The molecule has 0 aliphatic heterocycles. The average Bonchev–Trinajstić information content (AvgIpc) is 2.56. The highest BCUT2D eigenvalue weighted by Crippen LogP contribution is 2.24. The third kappa shape index (κ3) is 3.14. The lowest BCUT2D eigenvalue weighted by Crippen LogP contribution is -2.28. The largest absolute Gasteiger partial charge is 0.406 e. The van der Waals surface area contributed by atoms with E-state index in [4.69, 9.17) is 0 Å². The van der Waals surface area contributed by atoms with Crippen LogP contribution in [0.4, 0.5) is 5.69 Å². The van der Waals surface area contributed by atoms with Crippen LogP contribution in [0.25, 0.3) is 10.8 Å². The summed E-state index contributed by atoms with van der Waals surface area (Å²) < 4.78 is 0.958. The van der Waals surface area contributed by atoms with Crippen LogP contribution in [0.2, 0.25) is 0 Å². The van der Waals surface area contributed by atoms with Crippen molar-refractivity contribution in [2.45, 2.75) is 6.54 Å². The predicted molar refractivity (Wildman–Crippen MR) is 91.6 cm³/mol. The van der Waals surface area contributed by atoms with Gasteiger partial charge in [-0.05, 0) is 39.0 Å². The van der Waals surface area contributed by atoms with Gasteiger partial charge in [0.1, 0.15) is 6.19 Å². The Kier molecular flexibility index (Phi) is 4.43. The Morgan fingerprint density at radius 1 is 1.18 bits per heavy atom. The maximum Gasteiger partial charge on any atom is 0.311 e. The number of rotatable bonds is 5. The first-order valence-electron chi connectivity index (χ1n) is 6.75. The van der Waals surface area contributed by atoms with Crippen LogP contribution < -0.4 is 4.81 Å². The first-order chi connectivity index (χ1) is 10.8. The van der Waals surface area contributed by atoms with E-state index in [1.165, 1.54) is 0 Å². The summed E-state index contributed by atoms with van der Waals surface area (Å²) in [7, 11) is 0.307. The number of carbonyl (C=O) groups is 1. The fourth-order valence-corrected chi connectivity index (χ4v) is 2.78. The van der Waals surface area contributed by atoms with E-state index in [0.29, 0.717) is 14.0 Å². The van der Waals surface area contributed by atoms with Crippen molar-refractivity contribution in [1.82, 2.24) is 15.2 Å². The number of aromatic nitrogens is 3. The summed E-state index contributed by atoms with van der Waals surface area (Å²) >= 11 is 3.52. The zero-order chi connectivity index (χ0) is 15.4. The lowest BCUT2D eigenvalue weighted by molar-refractivity contribution is 0.568. The molecule has 1 aromatic carbocycles. The summed E-state index contributed by atoms with van der Waals surface area (Å²) in [6.07, 6.45) is 7.78. The van der Waals surface area contributed by atoms with Gasteiger partial charge in [-0.25, -0.2) is 0 Å². The molecule has 0 saturated carbocycles. The van der Waals surface area contributed by atoms with Gasteiger partial charge in [-0.1, -0.05) is 12.1 Å². The van der Waals surface area contributed by atoms with Gasteiger partial charge in [0.2, 0.25) is 0 Å². The Hall–Kier alpha value is -2.28. The number of halogens is 1. The number of hydrogen-bond donors (Lipinski definition) is 0. The number of benzene rings is 1. The Labute approximate surface area is 136 Å².